The second-order valence-corrected chi connectivity index (χ2v) is 7.60. The van der Waals surface area contributed by atoms with Crippen molar-refractivity contribution in [3.8, 4) is 11.5 Å². The lowest BCUT2D eigenvalue weighted by Gasteiger charge is -2.34. The van der Waals surface area contributed by atoms with E-state index in [9.17, 15) is 9.59 Å². The largest absolute Gasteiger partial charge is 0.441 e. The van der Waals surface area contributed by atoms with Gasteiger partial charge in [0.05, 0.1) is 18.7 Å². The van der Waals surface area contributed by atoms with Crippen molar-refractivity contribution >= 4 is 11.8 Å². The Balaban J connectivity index is 1.50. The molecule has 0 aliphatic carbocycles. The van der Waals surface area contributed by atoms with Gasteiger partial charge >= 0.3 is 0 Å². The second kappa shape index (κ2) is 9.69. The fourth-order valence-corrected chi connectivity index (χ4v) is 3.33. The van der Waals surface area contributed by atoms with Gasteiger partial charge in [-0.3, -0.25) is 14.5 Å². The number of hydrogen-bond acceptors (Lipinski definition) is 5. The van der Waals surface area contributed by atoms with Crippen molar-refractivity contribution in [1.82, 2.24) is 20.1 Å². The molecule has 0 bridgehead atoms. The summed E-state index contributed by atoms with van der Waals surface area (Å²) in [6.07, 6.45) is 1.15. The first-order chi connectivity index (χ1) is 14.0. The highest BCUT2D eigenvalue weighted by atomic mass is 16.4. The average molecular weight is 399 g/mol. The summed E-state index contributed by atoms with van der Waals surface area (Å²) in [5.74, 6) is 1.32. The van der Waals surface area contributed by atoms with E-state index in [2.05, 4.69) is 22.1 Å². The zero-order chi connectivity index (χ0) is 20.8. The minimum absolute atomic E-state index is 0.0460. The van der Waals surface area contributed by atoms with Crippen LogP contribution in [0.25, 0.3) is 11.5 Å². The van der Waals surface area contributed by atoms with E-state index in [1.807, 2.05) is 49.1 Å². The van der Waals surface area contributed by atoms with Crippen molar-refractivity contribution in [2.24, 2.45) is 0 Å². The Morgan fingerprint density at radius 2 is 1.86 bits per heavy atom. The molecule has 1 fully saturated rings. The molecule has 29 heavy (non-hydrogen) atoms. The third-order valence-corrected chi connectivity index (χ3v) is 5.34. The number of carbonyl (C=O) groups excluding carboxylic acids is 2. The smallest absolute Gasteiger partial charge is 0.234 e. The van der Waals surface area contributed by atoms with E-state index in [1.165, 1.54) is 0 Å². The van der Waals surface area contributed by atoms with E-state index in [1.54, 1.807) is 0 Å². The molecule has 0 radical (unpaired) electrons. The summed E-state index contributed by atoms with van der Waals surface area (Å²) in [5, 5.41) is 2.99. The number of nitrogens with one attached hydrogen (secondary N) is 1. The molecule has 2 heterocycles. The van der Waals surface area contributed by atoms with Crippen molar-refractivity contribution in [2.75, 3.05) is 32.7 Å². The molecule has 0 spiro atoms. The van der Waals surface area contributed by atoms with Gasteiger partial charge in [0.2, 0.25) is 17.7 Å². The summed E-state index contributed by atoms with van der Waals surface area (Å²) in [6.45, 7) is 8.93. The number of piperazine rings is 1. The van der Waals surface area contributed by atoms with E-state index >= 15 is 0 Å². The lowest BCUT2D eigenvalue weighted by molar-refractivity contribution is -0.132. The Labute approximate surface area is 172 Å². The Kier molecular flexibility index (Phi) is 7.04. The van der Waals surface area contributed by atoms with Gasteiger partial charge in [0.15, 0.2) is 0 Å². The number of aromatic nitrogens is 1. The van der Waals surface area contributed by atoms with Crippen LogP contribution in [0.15, 0.2) is 34.7 Å². The SMILES string of the molecule is CCC(C)NC(=O)CN1CCN(C(=O)Cc2nc(-c3ccccc3)oc2C)CC1. The standard InChI is InChI=1S/C22H30N4O3/c1-4-16(2)23-20(27)15-25-10-12-26(13-11-25)21(28)14-19-17(3)29-22(24-19)18-8-6-5-7-9-18/h5-9,16H,4,10-15H2,1-3H3,(H,23,27). The molecule has 1 aromatic carbocycles. The van der Waals surface area contributed by atoms with Gasteiger partial charge in [-0.05, 0) is 32.4 Å². The van der Waals surface area contributed by atoms with Crippen LogP contribution >= 0.6 is 0 Å². The first-order valence-corrected chi connectivity index (χ1v) is 10.3. The highest BCUT2D eigenvalue weighted by Gasteiger charge is 2.24. The quantitative estimate of drug-likeness (QED) is 0.774. The molecular weight excluding hydrogens is 368 g/mol. The van der Waals surface area contributed by atoms with Crippen molar-refractivity contribution in [3.05, 3.63) is 41.8 Å². The first kappa shape index (κ1) is 21.0. The van der Waals surface area contributed by atoms with Crippen LogP contribution in [0.4, 0.5) is 0 Å². The maximum Gasteiger partial charge on any atom is 0.234 e. The first-order valence-electron chi connectivity index (χ1n) is 10.3. The molecule has 1 saturated heterocycles. The van der Waals surface area contributed by atoms with E-state index in [0.717, 1.165) is 12.0 Å². The zero-order valence-corrected chi connectivity index (χ0v) is 17.5. The molecule has 1 aliphatic heterocycles. The molecule has 1 aliphatic rings. The van der Waals surface area contributed by atoms with Gasteiger partial charge in [-0.2, -0.15) is 0 Å². The Bertz CT molecular complexity index is 826. The van der Waals surface area contributed by atoms with Crippen LogP contribution in [0.3, 0.4) is 0 Å². The summed E-state index contributed by atoms with van der Waals surface area (Å²) in [7, 11) is 0. The third-order valence-electron chi connectivity index (χ3n) is 5.34. The predicted molar refractivity (Wildman–Crippen MR) is 111 cm³/mol. The maximum atomic E-state index is 12.7. The van der Waals surface area contributed by atoms with E-state index in [0.29, 0.717) is 50.1 Å². The average Bonchev–Trinajstić information content (AvgIpc) is 3.09. The van der Waals surface area contributed by atoms with Gasteiger partial charge in [-0.15, -0.1) is 0 Å². The zero-order valence-electron chi connectivity index (χ0n) is 17.5. The van der Waals surface area contributed by atoms with E-state index < -0.39 is 0 Å². The summed E-state index contributed by atoms with van der Waals surface area (Å²) in [4.78, 5) is 33.2. The fraction of sp³-hybridized carbons (Fsp3) is 0.500. The maximum absolute atomic E-state index is 12.7. The fourth-order valence-electron chi connectivity index (χ4n) is 3.33. The molecule has 2 aromatic rings. The normalized spacial score (nSPS) is 15.9. The highest BCUT2D eigenvalue weighted by Crippen LogP contribution is 2.22. The number of oxazole rings is 1. The second-order valence-electron chi connectivity index (χ2n) is 7.60. The van der Waals surface area contributed by atoms with Gasteiger partial charge in [-0.1, -0.05) is 25.1 Å². The Morgan fingerprint density at radius 1 is 1.17 bits per heavy atom. The van der Waals surface area contributed by atoms with Crippen LogP contribution in [0.2, 0.25) is 0 Å². The van der Waals surface area contributed by atoms with Crippen LogP contribution in [0.1, 0.15) is 31.7 Å². The molecule has 1 atom stereocenters. The molecule has 7 heteroatoms. The molecule has 1 N–H and O–H groups in total. The van der Waals surface area contributed by atoms with Gasteiger partial charge in [0, 0.05) is 37.8 Å². The number of amides is 2. The number of carbonyl (C=O) groups is 2. The molecular formula is C22H30N4O3. The van der Waals surface area contributed by atoms with Gasteiger partial charge in [-0.25, -0.2) is 4.98 Å². The molecule has 0 saturated carbocycles. The van der Waals surface area contributed by atoms with Crippen molar-refractivity contribution in [2.45, 2.75) is 39.7 Å². The lowest BCUT2D eigenvalue weighted by atomic mass is 10.2. The molecule has 2 amide bonds. The van der Waals surface area contributed by atoms with Crippen molar-refractivity contribution in [1.29, 1.82) is 0 Å². The highest BCUT2D eigenvalue weighted by molar-refractivity contribution is 5.79. The van der Waals surface area contributed by atoms with Crippen molar-refractivity contribution < 1.29 is 14.0 Å². The summed E-state index contributed by atoms with van der Waals surface area (Å²) >= 11 is 0. The van der Waals surface area contributed by atoms with Gasteiger partial charge < -0.3 is 14.6 Å². The molecule has 3 rings (SSSR count). The van der Waals surface area contributed by atoms with Gasteiger partial charge in [0.25, 0.3) is 0 Å². The number of nitrogens with zero attached hydrogens (tertiary/aromatic N) is 3. The predicted octanol–water partition coefficient (Wildman–Crippen LogP) is 2.25. The number of rotatable bonds is 7. The minimum Gasteiger partial charge on any atom is -0.441 e. The van der Waals surface area contributed by atoms with Crippen LogP contribution in [0, 0.1) is 6.92 Å². The van der Waals surface area contributed by atoms with E-state index in [-0.39, 0.29) is 24.3 Å². The Morgan fingerprint density at radius 3 is 2.52 bits per heavy atom. The topological polar surface area (TPSA) is 78.7 Å². The third kappa shape index (κ3) is 5.67. The van der Waals surface area contributed by atoms with E-state index in [4.69, 9.17) is 4.42 Å². The van der Waals surface area contributed by atoms with Crippen LogP contribution in [0.5, 0.6) is 0 Å². The summed E-state index contributed by atoms with van der Waals surface area (Å²) in [6, 6.07) is 9.88. The number of benzene rings is 1. The monoisotopic (exact) mass is 398 g/mol. The molecule has 7 nitrogen and oxygen atoms in total. The summed E-state index contributed by atoms with van der Waals surface area (Å²) in [5.41, 5.74) is 1.59. The number of hydrogen-bond donors (Lipinski definition) is 1. The molecule has 1 aromatic heterocycles. The van der Waals surface area contributed by atoms with Crippen LogP contribution < -0.4 is 5.32 Å². The van der Waals surface area contributed by atoms with Crippen LogP contribution in [-0.4, -0.2) is 65.4 Å². The van der Waals surface area contributed by atoms with Crippen LogP contribution in [-0.2, 0) is 16.0 Å². The lowest BCUT2D eigenvalue weighted by Crippen LogP contribution is -2.52. The minimum atomic E-state index is 0.0460. The van der Waals surface area contributed by atoms with Gasteiger partial charge in [0.1, 0.15) is 5.76 Å². The summed E-state index contributed by atoms with van der Waals surface area (Å²) < 4.78 is 5.76. The Hall–Kier alpha value is -2.67. The molecule has 1 unspecified atom stereocenters. The van der Waals surface area contributed by atoms with Crippen molar-refractivity contribution in [3.63, 3.8) is 0 Å². The molecule has 156 valence electrons. The number of aryl methyl sites for hydroxylation is 1.